The van der Waals surface area contributed by atoms with Crippen molar-refractivity contribution in [1.29, 1.82) is 0 Å². The average Bonchev–Trinajstić information content (AvgIpc) is 3.26. The van der Waals surface area contributed by atoms with Crippen LogP contribution in [0.3, 0.4) is 0 Å². The summed E-state index contributed by atoms with van der Waals surface area (Å²) >= 11 is 0. The summed E-state index contributed by atoms with van der Waals surface area (Å²) in [5.74, 6) is 2.41. The minimum atomic E-state index is -0.247. The monoisotopic (exact) mass is 374 g/mol. The smallest absolute Gasteiger partial charge is 0.163 e. The zero-order chi connectivity index (χ0) is 19.2. The van der Waals surface area contributed by atoms with E-state index in [2.05, 4.69) is 20.6 Å². The average molecular weight is 374 g/mol. The molecule has 4 rings (SSSR count). The van der Waals surface area contributed by atoms with Crippen molar-refractivity contribution in [2.45, 2.75) is 13.1 Å². The molecule has 2 aromatic heterocycles. The molecule has 0 aliphatic carbocycles. The molecule has 4 aromatic rings. The molecule has 2 heterocycles. The topological polar surface area (TPSA) is 63.0 Å². The number of nitrogens with zero attached hydrogens (tertiary/aromatic N) is 2. The van der Waals surface area contributed by atoms with E-state index in [1.165, 1.54) is 6.07 Å². The molecule has 0 amide bonds. The largest absolute Gasteiger partial charge is 0.467 e. The predicted octanol–water partition coefficient (Wildman–Crippen LogP) is 5.10. The van der Waals surface area contributed by atoms with E-state index in [0.29, 0.717) is 36.1 Å². The second kappa shape index (κ2) is 8.35. The quantitative estimate of drug-likeness (QED) is 0.471. The number of nitrogens with one attached hydrogen (secondary N) is 2. The molecule has 0 aliphatic heterocycles. The van der Waals surface area contributed by atoms with E-state index in [4.69, 9.17) is 4.42 Å². The van der Waals surface area contributed by atoms with Crippen LogP contribution in [0.4, 0.5) is 16.0 Å². The third-order valence-corrected chi connectivity index (χ3v) is 4.20. The highest BCUT2D eigenvalue weighted by Crippen LogP contribution is 2.21. The Morgan fingerprint density at radius 1 is 0.786 bits per heavy atom. The minimum Gasteiger partial charge on any atom is -0.467 e. The molecule has 0 spiro atoms. The number of hydrogen-bond acceptors (Lipinski definition) is 5. The van der Waals surface area contributed by atoms with Gasteiger partial charge >= 0.3 is 0 Å². The van der Waals surface area contributed by atoms with Crippen molar-refractivity contribution in [2.24, 2.45) is 0 Å². The molecule has 2 aromatic carbocycles. The molecule has 6 heteroatoms. The van der Waals surface area contributed by atoms with E-state index < -0.39 is 0 Å². The second-order valence-electron chi connectivity index (χ2n) is 6.21. The third-order valence-electron chi connectivity index (χ3n) is 4.20. The molecular formula is C22H19FN4O. The maximum absolute atomic E-state index is 13.9. The lowest BCUT2D eigenvalue weighted by Gasteiger charge is -2.11. The zero-order valence-electron chi connectivity index (χ0n) is 15.1. The van der Waals surface area contributed by atoms with E-state index in [-0.39, 0.29) is 5.82 Å². The van der Waals surface area contributed by atoms with Gasteiger partial charge in [-0.2, -0.15) is 0 Å². The van der Waals surface area contributed by atoms with Crippen molar-refractivity contribution in [3.8, 4) is 11.4 Å². The summed E-state index contributed by atoms with van der Waals surface area (Å²) in [5, 5.41) is 6.44. The van der Waals surface area contributed by atoms with Gasteiger partial charge in [-0.1, -0.05) is 48.5 Å². The van der Waals surface area contributed by atoms with Crippen LogP contribution in [0, 0.1) is 5.82 Å². The molecule has 0 saturated heterocycles. The first-order chi connectivity index (χ1) is 13.8. The summed E-state index contributed by atoms with van der Waals surface area (Å²) in [6.07, 6.45) is 1.63. The van der Waals surface area contributed by atoms with Crippen molar-refractivity contribution >= 4 is 11.6 Å². The van der Waals surface area contributed by atoms with Crippen LogP contribution in [-0.2, 0) is 13.1 Å². The fourth-order valence-electron chi connectivity index (χ4n) is 2.76. The summed E-state index contributed by atoms with van der Waals surface area (Å²) in [6, 6.07) is 21.9. The summed E-state index contributed by atoms with van der Waals surface area (Å²) in [4.78, 5) is 9.18. The van der Waals surface area contributed by atoms with Gasteiger partial charge in [-0.05, 0) is 18.2 Å². The summed E-state index contributed by atoms with van der Waals surface area (Å²) in [7, 11) is 0. The van der Waals surface area contributed by atoms with Gasteiger partial charge in [0.1, 0.15) is 23.2 Å². The van der Waals surface area contributed by atoms with Crippen molar-refractivity contribution in [3.05, 3.63) is 96.2 Å². The molecule has 0 atom stereocenters. The van der Waals surface area contributed by atoms with Crippen LogP contribution in [0.15, 0.2) is 83.5 Å². The van der Waals surface area contributed by atoms with Gasteiger partial charge in [0.2, 0.25) is 0 Å². The number of hydrogen-bond donors (Lipinski definition) is 2. The van der Waals surface area contributed by atoms with Gasteiger partial charge in [0.05, 0.1) is 12.8 Å². The predicted molar refractivity (Wildman–Crippen MR) is 107 cm³/mol. The van der Waals surface area contributed by atoms with E-state index >= 15 is 0 Å². The highest BCUT2D eigenvalue weighted by Gasteiger charge is 2.08. The summed E-state index contributed by atoms with van der Waals surface area (Å²) in [5.41, 5.74) is 1.48. The van der Waals surface area contributed by atoms with Gasteiger partial charge in [-0.3, -0.25) is 0 Å². The van der Waals surface area contributed by atoms with Crippen LogP contribution in [0.25, 0.3) is 11.4 Å². The number of furan rings is 1. The maximum Gasteiger partial charge on any atom is 0.163 e. The van der Waals surface area contributed by atoms with Gasteiger partial charge in [0.25, 0.3) is 0 Å². The van der Waals surface area contributed by atoms with E-state index in [0.717, 1.165) is 11.3 Å². The van der Waals surface area contributed by atoms with Gasteiger partial charge in [0.15, 0.2) is 5.82 Å². The van der Waals surface area contributed by atoms with Crippen molar-refractivity contribution < 1.29 is 8.81 Å². The van der Waals surface area contributed by atoms with Gasteiger partial charge in [0, 0.05) is 23.7 Å². The van der Waals surface area contributed by atoms with Crippen LogP contribution < -0.4 is 10.6 Å². The lowest BCUT2D eigenvalue weighted by atomic mass is 10.2. The number of benzene rings is 2. The third kappa shape index (κ3) is 4.35. The molecule has 28 heavy (non-hydrogen) atoms. The van der Waals surface area contributed by atoms with E-state index in [9.17, 15) is 4.39 Å². The van der Waals surface area contributed by atoms with Gasteiger partial charge in [-0.15, -0.1) is 0 Å². The van der Waals surface area contributed by atoms with Crippen LogP contribution in [0.5, 0.6) is 0 Å². The standard InChI is InChI=1S/C22H19FN4O/c23-19-11-5-4-9-17(19)14-24-20-13-21(25-15-18-10-6-12-28-18)27-22(26-20)16-7-2-1-3-8-16/h1-13H,14-15H2,(H2,24,25,26,27). The molecule has 5 nitrogen and oxygen atoms in total. The fourth-order valence-corrected chi connectivity index (χ4v) is 2.76. The normalized spacial score (nSPS) is 10.6. The molecule has 2 N–H and O–H groups in total. The Hall–Kier alpha value is -3.67. The van der Waals surface area contributed by atoms with Crippen molar-refractivity contribution in [1.82, 2.24) is 9.97 Å². The molecule has 0 saturated carbocycles. The van der Waals surface area contributed by atoms with Crippen LogP contribution in [-0.4, -0.2) is 9.97 Å². The van der Waals surface area contributed by atoms with Crippen molar-refractivity contribution in [3.63, 3.8) is 0 Å². The Kier molecular flexibility index (Phi) is 5.29. The Morgan fingerprint density at radius 2 is 1.50 bits per heavy atom. The number of anilines is 2. The summed E-state index contributed by atoms with van der Waals surface area (Å²) < 4.78 is 19.3. The molecule has 140 valence electrons. The molecule has 0 unspecified atom stereocenters. The molecule has 0 aliphatic rings. The molecule has 0 fully saturated rings. The summed E-state index contributed by atoms with van der Waals surface area (Å²) in [6.45, 7) is 0.834. The molecule has 0 radical (unpaired) electrons. The Morgan fingerprint density at radius 3 is 2.21 bits per heavy atom. The first-order valence-corrected chi connectivity index (χ1v) is 8.96. The number of rotatable bonds is 7. The van der Waals surface area contributed by atoms with Crippen molar-refractivity contribution in [2.75, 3.05) is 10.6 Å². The lowest BCUT2D eigenvalue weighted by molar-refractivity contribution is 0.518. The molecule has 0 bridgehead atoms. The van der Waals surface area contributed by atoms with Gasteiger partial charge in [-0.25, -0.2) is 14.4 Å². The minimum absolute atomic E-state index is 0.247. The number of aromatic nitrogens is 2. The van der Waals surface area contributed by atoms with Crippen LogP contribution in [0.2, 0.25) is 0 Å². The number of halogens is 1. The van der Waals surface area contributed by atoms with E-state index in [1.807, 2.05) is 48.5 Å². The lowest BCUT2D eigenvalue weighted by Crippen LogP contribution is -2.07. The van der Waals surface area contributed by atoms with Gasteiger partial charge < -0.3 is 15.1 Å². The Labute approximate surface area is 162 Å². The second-order valence-corrected chi connectivity index (χ2v) is 6.21. The van der Waals surface area contributed by atoms with Crippen LogP contribution in [0.1, 0.15) is 11.3 Å². The van der Waals surface area contributed by atoms with Crippen LogP contribution >= 0.6 is 0 Å². The Bertz CT molecular complexity index is 1040. The Balaban J connectivity index is 1.58. The fraction of sp³-hybridized carbons (Fsp3) is 0.0909. The maximum atomic E-state index is 13.9. The molecular weight excluding hydrogens is 355 g/mol. The first kappa shape index (κ1) is 17.7. The highest BCUT2D eigenvalue weighted by atomic mass is 19.1. The first-order valence-electron chi connectivity index (χ1n) is 8.96. The highest BCUT2D eigenvalue weighted by molar-refractivity contribution is 5.61. The zero-order valence-corrected chi connectivity index (χ0v) is 15.1. The van der Waals surface area contributed by atoms with E-state index in [1.54, 1.807) is 24.5 Å². The SMILES string of the molecule is Fc1ccccc1CNc1cc(NCc2ccco2)nc(-c2ccccc2)n1.